The molecule has 0 fully saturated rings. The Morgan fingerprint density at radius 1 is 0.786 bits per heavy atom. The molecular formula is C21H24N4O3. The number of hydrogen-bond acceptors (Lipinski definition) is 7. The van der Waals surface area contributed by atoms with E-state index >= 15 is 0 Å². The van der Waals surface area contributed by atoms with E-state index in [2.05, 4.69) is 20.6 Å². The van der Waals surface area contributed by atoms with Crippen LogP contribution in [0.4, 0.5) is 11.8 Å². The molecule has 3 aromatic rings. The van der Waals surface area contributed by atoms with Crippen molar-refractivity contribution in [3.05, 3.63) is 66.4 Å². The van der Waals surface area contributed by atoms with Gasteiger partial charge in [0.2, 0.25) is 5.95 Å². The third-order valence-electron chi connectivity index (χ3n) is 4.00. The van der Waals surface area contributed by atoms with Crippen LogP contribution in [0.5, 0.6) is 17.2 Å². The largest absolute Gasteiger partial charge is 0.497 e. The molecule has 0 amide bonds. The third kappa shape index (κ3) is 5.77. The number of hydrogen-bond donors (Lipinski definition) is 2. The van der Waals surface area contributed by atoms with Crippen molar-refractivity contribution in [1.29, 1.82) is 0 Å². The van der Waals surface area contributed by atoms with Crippen LogP contribution in [0.3, 0.4) is 0 Å². The van der Waals surface area contributed by atoms with Crippen LogP contribution in [0.1, 0.15) is 5.56 Å². The zero-order chi connectivity index (χ0) is 19.6. The molecule has 28 heavy (non-hydrogen) atoms. The van der Waals surface area contributed by atoms with E-state index in [0.717, 1.165) is 28.6 Å². The highest BCUT2D eigenvalue weighted by Crippen LogP contribution is 2.17. The lowest BCUT2D eigenvalue weighted by Gasteiger charge is -2.10. The van der Waals surface area contributed by atoms with Gasteiger partial charge < -0.3 is 24.8 Å². The summed E-state index contributed by atoms with van der Waals surface area (Å²) in [6, 6.07) is 17.2. The summed E-state index contributed by atoms with van der Waals surface area (Å²) in [7, 11) is 3.29. The van der Waals surface area contributed by atoms with E-state index in [1.807, 2.05) is 54.6 Å². The van der Waals surface area contributed by atoms with Crippen LogP contribution >= 0.6 is 0 Å². The van der Waals surface area contributed by atoms with Crippen molar-refractivity contribution in [2.24, 2.45) is 0 Å². The average molecular weight is 380 g/mol. The predicted molar refractivity (Wildman–Crippen MR) is 109 cm³/mol. The maximum Gasteiger partial charge on any atom is 0.224 e. The van der Waals surface area contributed by atoms with Crippen molar-refractivity contribution >= 4 is 11.8 Å². The molecule has 0 spiro atoms. The molecule has 2 N–H and O–H groups in total. The highest BCUT2D eigenvalue weighted by molar-refractivity contribution is 5.40. The number of aromatic nitrogens is 2. The van der Waals surface area contributed by atoms with Gasteiger partial charge in [-0.1, -0.05) is 12.1 Å². The minimum Gasteiger partial charge on any atom is -0.497 e. The summed E-state index contributed by atoms with van der Waals surface area (Å²) in [6.07, 6.45) is 1.72. The molecule has 0 saturated carbocycles. The second kappa shape index (κ2) is 10.0. The fourth-order valence-electron chi connectivity index (χ4n) is 2.49. The number of rotatable bonds is 10. The topological polar surface area (TPSA) is 77.5 Å². The first-order chi connectivity index (χ1) is 13.8. The van der Waals surface area contributed by atoms with Crippen molar-refractivity contribution in [3.8, 4) is 17.2 Å². The van der Waals surface area contributed by atoms with E-state index in [1.54, 1.807) is 20.4 Å². The summed E-state index contributed by atoms with van der Waals surface area (Å²) < 4.78 is 16.0. The normalized spacial score (nSPS) is 10.2. The molecular weight excluding hydrogens is 356 g/mol. The Morgan fingerprint density at radius 3 is 2.11 bits per heavy atom. The molecule has 1 aromatic heterocycles. The highest BCUT2D eigenvalue weighted by atomic mass is 16.5. The summed E-state index contributed by atoms with van der Waals surface area (Å²) >= 11 is 0. The van der Waals surface area contributed by atoms with Crippen LogP contribution in [0.2, 0.25) is 0 Å². The lowest BCUT2D eigenvalue weighted by atomic mass is 10.2. The van der Waals surface area contributed by atoms with Gasteiger partial charge in [-0.15, -0.1) is 0 Å². The van der Waals surface area contributed by atoms with Gasteiger partial charge in [0.05, 0.1) is 20.8 Å². The van der Waals surface area contributed by atoms with Crippen molar-refractivity contribution in [3.63, 3.8) is 0 Å². The first kappa shape index (κ1) is 19.3. The van der Waals surface area contributed by atoms with Gasteiger partial charge in [-0.05, 0) is 48.0 Å². The molecule has 1 heterocycles. The summed E-state index contributed by atoms with van der Waals surface area (Å²) in [5.41, 5.74) is 1.12. The van der Waals surface area contributed by atoms with Crippen LogP contribution in [-0.2, 0) is 6.54 Å². The molecule has 0 aliphatic carbocycles. The molecule has 0 radical (unpaired) electrons. The van der Waals surface area contributed by atoms with Gasteiger partial charge >= 0.3 is 0 Å². The van der Waals surface area contributed by atoms with E-state index in [4.69, 9.17) is 14.2 Å². The molecule has 2 aromatic carbocycles. The van der Waals surface area contributed by atoms with E-state index in [9.17, 15) is 0 Å². The van der Waals surface area contributed by atoms with Crippen LogP contribution in [-0.4, -0.2) is 37.3 Å². The van der Waals surface area contributed by atoms with Gasteiger partial charge in [0.15, 0.2) is 0 Å². The standard InChI is InChI=1S/C21H24N4O3/c1-26-17-5-3-16(4-6-17)15-24-21-23-12-11-20(25-21)22-13-14-28-19-9-7-18(27-2)8-10-19/h3-12H,13-15H2,1-2H3,(H2,22,23,24,25). The van der Waals surface area contributed by atoms with Gasteiger partial charge in [0, 0.05) is 12.7 Å². The molecule has 0 atom stereocenters. The van der Waals surface area contributed by atoms with E-state index in [0.29, 0.717) is 25.6 Å². The third-order valence-corrected chi connectivity index (χ3v) is 4.00. The molecule has 0 saturated heterocycles. The van der Waals surface area contributed by atoms with Gasteiger partial charge in [-0.25, -0.2) is 4.98 Å². The van der Waals surface area contributed by atoms with E-state index in [-0.39, 0.29) is 0 Å². The Kier molecular flexibility index (Phi) is 6.89. The van der Waals surface area contributed by atoms with Crippen LogP contribution in [0, 0.1) is 0 Å². The lowest BCUT2D eigenvalue weighted by Crippen LogP contribution is -2.13. The Labute approximate surface area is 164 Å². The summed E-state index contributed by atoms with van der Waals surface area (Å²) in [5, 5.41) is 6.45. The second-order valence-corrected chi connectivity index (χ2v) is 5.92. The molecule has 0 bridgehead atoms. The fraction of sp³-hybridized carbons (Fsp3) is 0.238. The van der Waals surface area contributed by atoms with E-state index in [1.165, 1.54) is 0 Å². The second-order valence-electron chi connectivity index (χ2n) is 5.92. The fourth-order valence-corrected chi connectivity index (χ4v) is 2.49. The smallest absolute Gasteiger partial charge is 0.224 e. The van der Waals surface area contributed by atoms with Gasteiger partial charge in [0.1, 0.15) is 29.7 Å². The highest BCUT2D eigenvalue weighted by Gasteiger charge is 2.01. The number of anilines is 2. The predicted octanol–water partition coefficient (Wildman–Crippen LogP) is 3.60. The number of methoxy groups -OCH3 is 2. The number of nitrogens with one attached hydrogen (secondary N) is 2. The summed E-state index contributed by atoms with van der Waals surface area (Å²) in [6.45, 7) is 1.78. The molecule has 7 heteroatoms. The van der Waals surface area contributed by atoms with Crippen LogP contribution in [0.25, 0.3) is 0 Å². The first-order valence-corrected chi connectivity index (χ1v) is 8.97. The van der Waals surface area contributed by atoms with Gasteiger partial charge in [0.25, 0.3) is 0 Å². The van der Waals surface area contributed by atoms with Crippen LogP contribution in [0.15, 0.2) is 60.8 Å². The maximum absolute atomic E-state index is 5.69. The minimum atomic E-state index is 0.519. The van der Waals surface area contributed by atoms with Gasteiger partial charge in [-0.3, -0.25) is 0 Å². The SMILES string of the molecule is COc1ccc(CNc2nccc(NCCOc3ccc(OC)cc3)n2)cc1. The lowest BCUT2D eigenvalue weighted by molar-refractivity contribution is 0.331. The molecule has 0 aliphatic rings. The minimum absolute atomic E-state index is 0.519. The molecule has 3 rings (SSSR count). The average Bonchev–Trinajstić information content (AvgIpc) is 2.76. The summed E-state index contributed by atoms with van der Waals surface area (Å²) in [5.74, 6) is 3.75. The monoisotopic (exact) mass is 380 g/mol. The van der Waals surface area contributed by atoms with E-state index < -0.39 is 0 Å². The maximum atomic E-state index is 5.69. The molecule has 0 unspecified atom stereocenters. The van der Waals surface area contributed by atoms with Crippen molar-refractivity contribution < 1.29 is 14.2 Å². The number of benzene rings is 2. The van der Waals surface area contributed by atoms with Crippen LogP contribution < -0.4 is 24.8 Å². The Bertz CT molecular complexity index is 854. The molecule has 7 nitrogen and oxygen atoms in total. The van der Waals surface area contributed by atoms with Crippen molar-refractivity contribution in [1.82, 2.24) is 9.97 Å². The zero-order valence-corrected chi connectivity index (χ0v) is 16.0. The van der Waals surface area contributed by atoms with Gasteiger partial charge in [-0.2, -0.15) is 4.98 Å². The number of nitrogens with zero attached hydrogens (tertiary/aromatic N) is 2. The number of ether oxygens (including phenoxy) is 3. The Balaban J connectivity index is 1.43. The summed E-state index contributed by atoms with van der Waals surface area (Å²) in [4.78, 5) is 8.71. The zero-order valence-electron chi connectivity index (χ0n) is 16.0. The van der Waals surface area contributed by atoms with Crippen molar-refractivity contribution in [2.75, 3.05) is 38.0 Å². The molecule has 146 valence electrons. The quantitative estimate of drug-likeness (QED) is 0.520. The Morgan fingerprint density at radius 2 is 1.43 bits per heavy atom. The first-order valence-electron chi connectivity index (χ1n) is 8.97. The molecule has 0 aliphatic heterocycles. The Hall–Kier alpha value is -3.48. The van der Waals surface area contributed by atoms with Crippen molar-refractivity contribution in [2.45, 2.75) is 6.54 Å².